The van der Waals surface area contributed by atoms with Crippen LogP contribution in [0.5, 0.6) is 0 Å². The molecule has 5 heteroatoms. The predicted octanol–water partition coefficient (Wildman–Crippen LogP) is 3.77. The Morgan fingerprint density at radius 2 is 1.95 bits per heavy atom. The van der Waals surface area contributed by atoms with Gasteiger partial charge in [-0.25, -0.2) is 0 Å². The van der Waals surface area contributed by atoms with Gasteiger partial charge < -0.3 is 5.32 Å². The van der Waals surface area contributed by atoms with Gasteiger partial charge in [-0.15, -0.1) is 0 Å². The second kappa shape index (κ2) is 5.70. The lowest BCUT2D eigenvalue weighted by Crippen LogP contribution is -2.25. The number of hydrogen-bond donors (Lipinski definition) is 1. The molecule has 1 N–H and O–H groups in total. The summed E-state index contributed by atoms with van der Waals surface area (Å²) < 4.78 is 0. The molecule has 0 radical (unpaired) electrons. The molecule has 0 heterocycles. The van der Waals surface area contributed by atoms with Gasteiger partial charge in [0.25, 0.3) is 5.69 Å². The molecule has 2 saturated carbocycles. The molecule has 0 saturated heterocycles. The third-order valence-electron chi connectivity index (χ3n) is 4.39. The Bertz CT molecular complexity index is 501. The standard InChI is InChI=1S/C15H19ClN2O2/c16-15-6-5-13(18(19)20)7-12(15)8-17-9-14(10-1-2-10)11-3-4-11/h5-7,10-11,14,17H,1-4,8-9H2. The molecule has 20 heavy (non-hydrogen) atoms. The number of nitrogens with one attached hydrogen (secondary N) is 1. The number of rotatable bonds is 7. The fraction of sp³-hybridized carbons (Fsp3) is 0.600. The minimum atomic E-state index is -0.378. The molecule has 0 spiro atoms. The summed E-state index contributed by atoms with van der Waals surface area (Å²) in [6.45, 7) is 1.62. The molecule has 0 amide bonds. The van der Waals surface area contributed by atoms with Crippen molar-refractivity contribution in [3.05, 3.63) is 38.9 Å². The Balaban J connectivity index is 1.57. The van der Waals surface area contributed by atoms with E-state index in [0.717, 1.165) is 29.9 Å². The van der Waals surface area contributed by atoms with Gasteiger partial charge in [-0.1, -0.05) is 11.6 Å². The number of benzene rings is 1. The summed E-state index contributed by atoms with van der Waals surface area (Å²) in [6, 6.07) is 4.62. The fourth-order valence-corrected chi connectivity index (χ4v) is 3.14. The quantitative estimate of drug-likeness (QED) is 0.615. The van der Waals surface area contributed by atoms with Gasteiger partial charge in [0.15, 0.2) is 0 Å². The molecule has 2 fully saturated rings. The summed E-state index contributed by atoms with van der Waals surface area (Å²) in [5.74, 6) is 2.62. The largest absolute Gasteiger partial charge is 0.312 e. The molecule has 0 aliphatic heterocycles. The monoisotopic (exact) mass is 294 g/mol. The number of halogens is 1. The highest BCUT2D eigenvalue weighted by Gasteiger charge is 2.40. The molecule has 108 valence electrons. The third kappa shape index (κ3) is 3.30. The number of nitrogens with zero attached hydrogens (tertiary/aromatic N) is 1. The lowest BCUT2D eigenvalue weighted by Gasteiger charge is -2.16. The van der Waals surface area contributed by atoms with Gasteiger partial charge in [-0.05, 0) is 61.6 Å². The van der Waals surface area contributed by atoms with Gasteiger partial charge in [0, 0.05) is 23.7 Å². The molecule has 3 rings (SSSR count). The molecule has 0 unspecified atom stereocenters. The van der Waals surface area contributed by atoms with E-state index in [2.05, 4.69) is 5.32 Å². The third-order valence-corrected chi connectivity index (χ3v) is 4.76. The number of nitro benzene ring substituents is 1. The van der Waals surface area contributed by atoms with Gasteiger partial charge in [0.1, 0.15) is 0 Å². The molecular weight excluding hydrogens is 276 g/mol. The second-order valence-electron chi connectivity index (χ2n) is 6.00. The minimum absolute atomic E-state index is 0.104. The molecule has 0 aromatic heterocycles. The van der Waals surface area contributed by atoms with Gasteiger partial charge >= 0.3 is 0 Å². The Hall–Kier alpha value is -1.13. The van der Waals surface area contributed by atoms with Crippen molar-refractivity contribution >= 4 is 17.3 Å². The summed E-state index contributed by atoms with van der Waals surface area (Å²) in [5.41, 5.74) is 0.915. The van der Waals surface area contributed by atoms with Crippen molar-refractivity contribution in [2.75, 3.05) is 6.54 Å². The molecule has 0 bridgehead atoms. The maximum absolute atomic E-state index is 10.8. The van der Waals surface area contributed by atoms with Crippen LogP contribution in [0.2, 0.25) is 5.02 Å². The highest BCUT2D eigenvalue weighted by molar-refractivity contribution is 6.31. The van der Waals surface area contributed by atoms with Crippen molar-refractivity contribution in [1.29, 1.82) is 0 Å². The molecule has 1 aromatic rings. The van der Waals surface area contributed by atoms with Crippen LogP contribution in [-0.4, -0.2) is 11.5 Å². The van der Waals surface area contributed by atoms with Crippen molar-refractivity contribution in [3.8, 4) is 0 Å². The first-order valence-electron chi connectivity index (χ1n) is 7.28. The van der Waals surface area contributed by atoms with E-state index in [0.29, 0.717) is 11.6 Å². The van der Waals surface area contributed by atoms with E-state index in [9.17, 15) is 10.1 Å². The summed E-state index contributed by atoms with van der Waals surface area (Å²) in [4.78, 5) is 10.4. The highest BCUT2D eigenvalue weighted by Crippen LogP contribution is 2.48. The van der Waals surface area contributed by atoms with Crippen LogP contribution in [0, 0.1) is 27.9 Å². The van der Waals surface area contributed by atoms with Crippen LogP contribution in [0.4, 0.5) is 5.69 Å². The van der Waals surface area contributed by atoms with Gasteiger partial charge in [-0.2, -0.15) is 0 Å². The van der Waals surface area contributed by atoms with E-state index in [1.165, 1.54) is 31.7 Å². The van der Waals surface area contributed by atoms with Crippen LogP contribution >= 0.6 is 11.6 Å². The normalized spacial score (nSPS) is 18.5. The van der Waals surface area contributed by atoms with E-state index < -0.39 is 0 Å². The first-order valence-corrected chi connectivity index (χ1v) is 7.66. The Labute approximate surface area is 123 Å². The van der Waals surface area contributed by atoms with Crippen LogP contribution in [0.3, 0.4) is 0 Å². The lowest BCUT2D eigenvalue weighted by molar-refractivity contribution is -0.384. The molecule has 0 atom stereocenters. The fourth-order valence-electron chi connectivity index (χ4n) is 2.95. The number of hydrogen-bond acceptors (Lipinski definition) is 3. The summed E-state index contributed by atoms with van der Waals surface area (Å²) in [6.07, 6.45) is 5.50. The molecular formula is C15H19ClN2O2. The Morgan fingerprint density at radius 1 is 1.30 bits per heavy atom. The van der Waals surface area contributed by atoms with Crippen molar-refractivity contribution in [2.45, 2.75) is 32.2 Å². The predicted molar refractivity (Wildman–Crippen MR) is 78.8 cm³/mol. The van der Waals surface area contributed by atoms with E-state index in [1.807, 2.05) is 0 Å². The van der Waals surface area contributed by atoms with Gasteiger partial charge in [0.05, 0.1) is 4.92 Å². The van der Waals surface area contributed by atoms with Crippen LogP contribution in [0.25, 0.3) is 0 Å². The Kier molecular flexibility index (Phi) is 3.94. The first kappa shape index (κ1) is 13.8. The highest BCUT2D eigenvalue weighted by atomic mass is 35.5. The Morgan fingerprint density at radius 3 is 2.50 bits per heavy atom. The van der Waals surface area contributed by atoms with Gasteiger partial charge in [-0.3, -0.25) is 10.1 Å². The summed E-state index contributed by atoms with van der Waals surface area (Å²) >= 11 is 6.10. The van der Waals surface area contributed by atoms with Crippen LogP contribution in [0.1, 0.15) is 31.2 Å². The molecule has 1 aromatic carbocycles. The summed E-state index contributed by atoms with van der Waals surface area (Å²) in [7, 11) is 0. The summed E-state index contributed by atoms with van der Waals surface area (Å²) in [5, 5.41) is 14.8. The smallest absolute Gasteiger partial charge is 0.269 e. The van der Waals surface area contributed by atoms with Crippen molar-refractivity contribution in [2.24, 2.45) is 17.8 Å². The minimum Gasteiger partial charge on any atom is -0.312 e. The molecule has 2 aliphatic carbocycles. The van der Waals surface area contributed by atoms with Crippen LogP contribution in [0.15, 0.2) is 18.2 Å². The SMILES string of the molecule is O=[N+]([O-])c1ccc(Cl)c(CNCC(C2CC2)C2CC2)c1. The zero-order chi connectivity index (χ0) is 14.1. The zero-order valence-corrected chi connectivity index (χ0v) is 12.1. The van der Waals surface area contributed by atoms with Gasteiger partial charge in [0.2, 0.25) is 0 Å². The molecule has 4 nitrogen and oxygen atoms in total. The van der Waals surface area contributed by atoms with E-state index in [1.54, 1.807) is 12.1 Å². The van der Waals surface area contributed by atoms with Crippen LogP contribution in [-0.2, 0) is 6.54 Å². The average molecular weight is 295 g/mol. The average Bonchev–Trinajstić information content (AvgIpc) is 3.27. The second-order valence-corrected chi connectivity index (χ2v) is 6.41. The lowest BCUT2D eigenvalue weighted by atomic mass is 9.98. The van der Waals surface area contributed by atoms with E-state index in [4.69, 9.17) is 11.6 Å². The molecule has 2 aliphatic rings. The van der Waals surface area contributed by atoms with Crippen molar-refractivity contribution < 1.29 is 4.92 Å². The zero-order valence-electron chi connectivity index (χ0n) is 11.3. The number of non-ortho nitro benzene ring substituents is 1. The number of nitro groups is 1. The van der Waals surface area contributed by atoms with Crippen molar-refractivity contribution in [3.63, 3.8) is 0 Å². The topological polar surface area (TPSA) is 55.2 Å². The maximum atomic E-state index is 10.8. The maximum Gasteiger partial charge on any atom is 0.269 e. The van der Waals surface area contributed by atoms with E-state index >= 15 is 0 Å². The van der Waals surface area contributed by atoms with E-state index in [-0.39, 0.29) is 10.6 Å². The first-order chi connectivity index (χ1) is 9.65. The van der Waals surface area contributed by atoms with Crippen molar-refractivity contribution in [1.82, 2.24) is 5.32 Å². The van der Waals surface area contributed by atoms with Crippen LogP contribution < -0.4 is 5.32 Å².